The highest BCUT2D eigenvalue weighted by molar-refractivity contribution is 6.48. The number of rotatable bonds is 22. The number of hydrogen-bond acceptors (Lipinski definition) is 1. The molecule has 157 valence electrons. The molecule has 0 saturated carbocycles. The summed E-state index contributed by atoms with van der Waals surface area (Å²) in [5, 5.41) is 0. The van der Waals surface area contributed by atoms with Crippen molar-refractivity contribution in [1.29, 1.82) is 0 Å². The van der Waals surface area contributed by atoms with Gasteiger partial charge in [-0.3, -0.25) is 0 Å². The van der Waals surface area contributed by atoms with Gasteiger partial charge >= 0.3 is 0 Å². The highest BCUT2D eigenvalue weighted by Gasteiger charge is 1.97. The number of unbranched alkanes of at least 4 members (excludes halogenated alkanes) is 19. The van der Waals surface area contributed by atoms with Crippen molar-refractivity contribution in [3.05, 3.63) is 0 Å². The average molecular weight is 384 g/mol. The lowest BCUT2D eigenvalue weighted by molar-refractivity contribution is 0.311. The predicted molar refractivity (Wildman–Crippen MR) is 121 cm³/mol. The molecule has 0 aromatic rings. The minimum absolute atomic E-state index is 0.459. The van der Waals surface area contributed by atoms with Crippen molar-refractivity contribution in [3.63, 3.8) is 0 Å². The van der Waals surface area contributed by atoms with Crippen LogP contribution in [0.4, 0.5) is 0 Å². The Kier molecular flexibility index (Phi) is 23.4. The average Bonchev–Trinajstić information content (AvgIpc) is 2.62. The molecule has 0 heterocycles. The molecule has 1 radical (unpaired) electrons. The van der Waals surface area contributed by atoms with Crippen LogP contribution in [0.3, 0.4) is 0 Å². The van der Waals surface area contributed by atoms with Crippen LogP contribution in [0.5, 0.6) is 0 Å². The Morgan fingerprint density at radius 2 is 0.692 bits per heavy atom. The van der Waals surface area contributed by atoms with Crippen LogP contribution in [0.1, 0.15) is 135 Å². The lowest BCUT2D eigenvalue weighted by Crippen LogP contribution is -2.08. The smallest absolute Gasteiger partial charge is 0.204 e. The molecule has 0 aromatic heterocycles. The maximum Gasteiger partial charge on any atom is 0.204 e. The van der Waals surface area contributed by atoms with E-state index < -0.39 is 9.04 Å². The third-order valence-corrected chi connectivity index (χ3v) is 6.17. The molecule has 0 atom stereocenters. The Morgan fingerprint density at radius 3 is 0.962 bits per heavy atom. The van der Waals surface area contributed by atoms with E-state index in [4.69, 9.17) is 4.43 Å². The Bertz CT molecular complexity index is 242. The molecule has 26 heavy (non-hydrogen) atoms. The first-order valence-corrected chi connectivity index (χ1v) is 14.6. The Morgan fingerprint density at radius 1 is 0.423 bits per heavy atom. The maximum atomic E-state index is 5.68. The summed E-state index contributed by atoms with van der Waals surface area (Å²) in [6, 6.07) is 0. The summed E-state index contributed by atoms with van der Waals surface area (Å²) >= 11 is 0. The zero-order valence-electron chi connectivity index (χ0n) is 18.8. The zero-order valence-corrected chi connectivity index (χ0v) is 19.8. The fourth-order valence-electron chi connectivity index (χ4n) is 3.63. The number of hydrogen-bond donors (Lipinski definition) is 0. The molecule has 0 N–H and O–H groups in total. The van der Waals surface area contributed by atoms with E-state index in [9.17, 15) is 0 Å². The van der Waals surface area contributed by atoms with Gasteiger partial charge in [-0.05, 0) is 19.5 Å². The highest BCUT2D eigenvalue weighted by Crippen LogP contribution is 2.14. The summed E-state index contributed by atoms with van der Waals surface area (Å²) in [4.78, 5) is 0. The predicted octanol–water partition coefficient (Wildman–Crippen LogP) is 9.08. The van der Waals surface area contributed by atoms with Crippen molar-refractivity contribution in [3.8, 4) is 0 Å². The highest BCUT2D eigenvalue weighted by atomic mass is 28.3. The van der Waals surface area contributed by atoms with Crippen LogP contribution >= 0.6 is 0 Å². The van der Waals surface area contributed by atoms with Gasteiger partial charge in [-0.2, -0.15) is 0 Å². The molecule has 0 aliphatic rings. The standard InChI is InChI=1S/C24H51OSi/c1-4-5-6-7-8-9-10-11-12-13-14-15-16-17-18-19-20-21-22-23-24-25-26(2)3/h4-24H2,1-3H3. The normalized spacial score (nSPS) is 11.5. The van der Waals surface area contributed by atoms with Gasteiger partial charge in [0.25, 0.3) is 0 Å². The summed E-state index contributed by atoms with van der Waals surface area (Å²) in [5.41, 5.74) is 0. The molecule has 0 aliphatic heterocycles. The quantitative estimate of drug-likeness (QED) is 0.134. The summed E-state index contributed by atoms with van der Waals surface area (Å²) in [6.07, 6.45) is 29.0. The van der Waals surface area contributed by atoms with Crippen LogP contribution in [0, 0.1) is 0 Å². The molecule has 0 aromatic carbocycles. The van der Waals surface area contributed by atoms with E-state index in [0.717, 1.165) is 6.61 Å². The molecule has 0 aliphatic carbocycles. The summed E-state index contributed by atoms with van der Waals surface area (Å²) in [6.45, 7) is 7.75. The summed E-state index contributed by atoms with van der Waals surface area (Å²) in [5.74, 6) is 0. The lowest BCUT2D eigenvalue weighted by Gasteiger charge is -2.06. The third-order valence-electron chi connectivity index (χ3n) is 5.39. The monoisotopic (exact) mass is 383 g/mol. The second-order valence-electron chi connectivity index (χ2n) is 8.47. The van der Waals surface area contributed by atoms with E-state index in [1.54, 1.807) is 0 Å². The van der Waals surface area contributed by atoms with Crippen LogP contribution < -0.4 is 0 Å². The molecular formula is C24H51OSi. The van der Waals surface area contributed by atoms with Crippen LogP contribution in [-0.2, 0) is 4.43 Å². The topological polar surface area (TPSA) is 9.23 Å². The van der Waals surface area contributed by atoms with Crippen molar-refractivity contribution in [2.24, 2.45) is 0 Å². The van der Waals surface area contributed by atoms with Crippen molar-refractivity contribution in [1.82, 2.24) is 0 Å². The van der Waals surface area contributed by atoms with Crippen LogP contribution in [0.15, 0.2) is 0 Å². The summed E-state index contributed by atoms with van der Waals surface area (Å²) in [7, 11) is -0.459. The van der Waals surface area contributed by atoms with Crippen LogP contribution in [0.25, 0.3) is 0 Å². The second-order valence-corrected chi connectivity index (χ2v) is 10.6. The zero-order chi connectivity index (χ0) is 19.1. The Hall–Kier alpha value is 0.177. The molecule has 2 heteroatoms. The minimum atomic E-state index is -0.459. The fourth-order valence-corrected chi connectivity index (χ4v) is 4.19. The van der Waals surface area contributed by atoms with E-state index in [0.29, 0.717) is 0 Å². The SMILES string of the molecule is CCCCCCCCCCCCCCCCCCCCCCO[Si](C)C. The van der Waals surface area contributed by atoms with Crippen molar-refractivity contribution in [2.75, 3.05) is 6.61 Å². The van der Waals surface area contributed by atoms with E-state index in [-0.39, 0.29) is 0 Å². The lowest BCUT2D eigenvalue weighted by atomic mass is 10.0. The molecule has 0 spiro atoms. The minimum Gasteiger partial charge on any atom is -0.417 e. The van der Waals surface area contributed by atoms with Crippen LogP contribution in [0.2, 0.25) is 13.1 Å². The molecule has 0 unspecified atom stereocenters. The van der Waals surface area contributed by atoms with E-state index in [1.807, 2.05) is 0 Å². The van der Waals surface area contributed by atoms with Gasteiger partial charge in [-0.15, -0.1) is 0 Å². The van der Waals surface area contributed by atoms with E-state index in [1.165, 1.54) is 128 Å². The van der Waals surface area contributed by atoms with Gasteiger partial charge in [-0.1, -0.05) is 129 Å². The van der Waals surface area contributed by atoms with E-state index in [2.05, 4.69) is 20.0 Å². The van der Waals surface area contributed by atoms with E-state index >= 15 is 0 Å². The van der Waals surface area contributed by atoms with Gasteiger partial charge in [0.2, 0.25) is 9.04 Å². The van der Waals surface area contributed by atoms with Gasteiger partial charge in [0, 0.05) is 6.61 Å². The molecule has 0 amide bonds. The Balaban J connectivity index is 2.97. The molecule has 1 nitrogen and oxygen atoms in total. The fraction of sp³-hybridized carbons (Fsp3) is 1.00. The van der Waals surface area contributed by atoms with Gasteiger partial charge in [0.15, 0.2) is 0 Å². The molecule has 0 saturated heterocycles. The molecule has 0 bridgehead atoms. The molecule has 0 rings (SSSR count). The second kappa shape index (κ2) is 23.2. The first-order valence-electron chi connectivity index (χ1n) is 12.2. The maximum absolute atomic E-state index is 5.68. The Labute approximate surface area is 168 Å². The molecule has 0 fully saturated rings. The first-order chi connectivity index (χ1) is 12.8. The molecular weight excluding hydrogens is 332 g/mol. The van der Waals surface area contributed by atoms with Gasteiger partial charge in [0.05, 0.1) is 0 Å². The van der Waals surface area contributed by atoms with Crippen molar-refractivity contribution in [2.45, 2.75) is 148 Å². The van der Waals surface area contributed by atoms with Crippen LogP contribution in [-0.4, -0.2) is 15.6 Å². The van der Waals surface area contributed by atoms with Gasteiger partial charge < -0.3 is 4.43 Å². The van der Waals surface area contributed by atoms with Crippen molar-refractivity contribution >= 4 is 9.04 Å². The van der Waals surface area contributed by atoms with Crippen molar-refractivity contribution < 1.29 is 4.43 Å². The first kappa shape index (κ1) is 26.2. The summed E-state index contributed by atoms with van der Waals surface area (Å²) < 4.78 is 5.68. The third kappa shape index (κ3) is 24.2. The largest absolute Gasteiger partial charge is 0.417 e. The van der Waals surface area contributed by atoms with Gasteiger partial charge in [-0.25, -0.2) is 0 Å². The van der Waals surface area contributed by atoms with Gasteiger partial charge in [0.1, 0.15) is 0 Å².